The summed E-state index contributed by atoms with van der Waals surface area (Å²) < 4.78 is 17.5. The van der Waals surface area contributed by atoms with E-state index in [0.29, 0.717) is 5.82 Å². The number of methoxy groups -OCH3 is 2. The van der Waals surface area contributed by atoms with Gasteiger partial charge in [0.2, 0.25) is 0 Å². The third-order valence-electron chi connectivity index (χ3n) is 3.54. The molecule has 1 heterocycles. The molecular formula is C19H17N3O3. The lowest BCUT2D eigenvalue weighted by molar-refractivity contribution is 0.340. The van der Waals surface area contributed by atoms with Crippen molar-refractivity contribution in [2.75, 3.05) is 20.8 Å². The van der Waals surface area contributed by atoms with Crippen molar-refractivity contribution in [3.05, 3.63) is 48.5 Å². The van der Waals surface area contributed by atoms with Crippen LogP contribution in [0.2, 0.25) is 0 Å². The Morgan fingerprint density at radius 1 is 0.960 bits per heavy atom. The van der Waals surface area contributed by atoms with Crippen LogP contribution in [-0.4, -0.2) is 35.6 Å². The van der Waals surface area contributed by atoms with Gasteiger partial charge in [0.05, 0.1) is 19.9 Å². The topological polar surface area (TPSA) is 58.4 Å². The van der Waals surface area contributed by atoms with Gasteiger partial charge in [-0.05, 0) is 48.5 Å². The van der Waals surface area contributed by atoms with Crippen LogP contribution in [0.4, 0.5) is 0 Å². The zero-order chi connectivity index (χ0) is 17.6. The SMILES string of the molecule is C#CCOc1nc(-c2ccc(OC)cc2)n(-c2ccc(OC)cc2)n1. The summed E-state index contributed by atoms with van der Waals surface area (Å²) >= 11 is 0. The monoisotopic (exact) mass is 335 g/mol. The average Bonchev–Trinajstić information content (AvgIpc) is 3.10. The van der Waals surface area contributed by atoms with Crippen molar-refractivity contribution >= 4 is 0 Å². The summed E-state index contributed by atoms with van der Waals surface area (Å²) in [6.07, 6.45) is 5.24. The maximum Gasteiger partial charge on any atom is 0.337 e. The number of hydrogen-bond donors (Lipinski definition) is 0. The Labute approximate surface area is 146 Å². The molecule has 1 aromatic heterocycles. The van der Waals surface area contributed by atoms with Gasteiger partial charge in [-0.25, -0.2) is 4.68 Å². The van der Waals surface area contributed by atoms with Gasteiger partial charge in [0.25, 0.3) is 0 Å². The average molecular weight is 335 g/mol. The van der Waals surface area contributed by atoms with E-state index in [1.807, 2.05) is 48.5 Å². The molecule has 0 amide bonds. The van der Waals surface area contributed by atoms with Crippen LogP contribution >= 0.6 is 0 Å². The van der Waals surface area contributed by atoms with E-state index < -0.39 is 0 Å². The normalized spacial score (nSPS) is 10.1. The van der Waals surface area contributed by atoms with E-state index in [1.165, 1.54) is 0 Å². The lowest BCUT2D eigenvalue weighted by Crippen LogP contribution is -2.00. The van der Waals surface area contributed by atoms with Crippen LogP contribution in [0.25, 0.3) is 17.1 Å². The van der Waals surface area contributed by atoms with E-state index in [0.717, 1.165) is 22.7 Å². The molecular weight excluding hydrogens is 318 g/mol. The van der Waals surface area contributed by atoms with Gasteiger partial charge in [0.1, 0.15) is 11.5 Å². The Morgan fingerprint density at radius 3 is 2.12 bits per heavy atom. The van der Waals surface area contributed by atoms with E-state index in [9.17, 15) is 0 Å². The standard InChI is InChI=1S/C19H17N3O3/c1-4-13-25-19-20-18(14-5-9-16(23-2)10-6-14)22(21-19)15-7-11-17(24-3)12-8-15/h1,5-12H,13H2,2-3H3. The fourth-order valence-corrected chi connectivity index (χ4v) is 2.29. The molecule has 0 saturated carbocycles. The van der Waals surface area contributed by atoms with Gasteiger partial charge in [-0.1, -0.05) is 5.92 Å². The fraction of sp³-hybridized carbons (Fsp3) is 0.158. The molecule has 6 heteroatoms. The molecule has 25 heavy (non-hydrogen) atoms. The van der Waals surface area contributed by atoms with Crippen molar-refractivity contribution in [1.82, 2.24) is 14.8 Å². The fourth-order valence-electron chi connectivity index (χ4n) is 2.29. The molecule has 0 bridgehead atoms. The summed E-state index contributed by atoms with van der Waals surface area (Å²) in [5.74, 6) is 4.58. The number of rotatable bonds is 6. The number of benzene rings is 2. The Hall–Kier alpha value is -3.46. The summed E-state index contributed by atoms with van der Waals surface area (Å²) in [7, 11) is 3.25. The Kier molecular flexibility index (Phi) is 4.86. The van der Waals surface area contributed by atoms with Crippen LogP contribution in [0.5, 0.6) is 17.5 Å². The van der Waals surface area contributed by atoms with Gasteiger partial charge in [-0.3, -0.25) is 0 Å². The number of hydrogen-bond acceptors (Lipinski definition) is 5. The third kappa shape index (κ3) is 3.56. The third-order valence-corrected chi connectivity index (χ3v) is 3.54. The highest BCUT2D eigenvalue weighted by atomic mass is 16.5. The van der Waals surface area contributed by atoms with Gasteiger partial charge in [0, 0.05) is 5.56 Å². The van der Waals surface area contributed by atoms with E-state index in [2.05, 4.69) is 16.0 Å². The number of aromatic nitrogens is 3. The van der Waals surface area contributed by atoms with Crippen LogP contribution in [0.3, 0.4) is 0 Å². The summed E-state index contributed by atoms with van der Waals surface area (Å²) in [6.45, 7) is 0.106. The molecule has 0 radical (unpaired) electrons. The molecule has 0 spiro atoms. The first-order valence-electron chi connectivity index (χ1n) is 7.57. The van der Waals surface area contributed by atoms with Crippen molar-refractivity contribution in [1.29, 1.82) is 0 Å². The van der Waals surface area contributed by atoms with Gasteiger partial charge in [-0.2, -0.15) is 4.98 Å². The van der Waals surface area contributed by atoms with Gasteiger partial charge < -0.3 is 14.2 Å². The maximum absolute atomic E-state index is 5.38. The predicted octanol–water partition coefficient (Wildman–Crippen LogP) is 2.96. The van der Waals surface area contributed by atoms with Crippen LogP contribution in [0, 0.1) is 12.3 Å². The minimum absolute atomic E-state index is 0.106. The molecule has 0 atom stereocenters. The van der Waals surface area contributed by atoms with Crippen LogP contribution in [0.1, 0.15) is 0 Å². The molecule has 0 aliphatic carbocycles. The number of terminal acetylenes is 1. The van der Waals surface area contributed by atoms with Crippen molar-refractivity contribution in [2.45, 2.75) is 0 Å². The molecule has 126 valence electrons. The minimum Gasteiger partial charge on any atom is -0.497 e. The van der Waals surface area contributed by atoms with Crippen LogP contribution in [0.15, 0.2) is 48.5 Å². The maximum atomic E-state index is 5.38. The molecule has 0 N–H and O–H groups in total. The second kappa shape index (κ2) is 7.41. The van der Waals surface area contributed by atoms with Crippen molar-refractivity contribution < 1.29 is 14.2 Å². The highest BCUT2D eigenvalue weighted by Crippen LogP contribution is 2.26. The van der Waals surface area contributed by atoms with E-state index in [1.54, 1.807) is 18.9 Å². The molecule has 0 saturated heterocycles. The smallest absolute Gasteiger partial charge is 0.337 e. The summed E-state index contributed by atoms with van der Waals surface area (Å²) in [6, 6.07) is 15.3. The van der Waals surface area contributed by atoms with Gasteiger partial charge >= 0.3 is 6.01 Å². The lowest BCUT2D eigenvalue weighted by Gasteiger charge is -2.07. The quantitative estimate of drug-likeness (QED) is 0.648. The zero-order valence-electron chi connectivity index (χ0n) is 14.0. The van der Waals surface area contributed by atoms with Crippen LogP contribution < -0.4 is 14.2 Å². The largest absolute Gasteiger partial charge is 0.497 e. The first-order valence-corrected chi connectivity index (χ1v) is 7.57. The van der Waals surface area contributed by atoms with E-state index in [4.69, 9.17) is 20.6 Å². The Bertz CT molecular complexity index is 813. The molecule has 6 nitrogen and oxygen atoms in total. The molecule has 2 aromatic carbocycles. The second-order valence-corrected chi connectivity index (χ2v) is 5.05. The Balaban J connectivity index is 2.04. The lowest BCUT2D eigenvalue weighted by atomic mass is 10.2. The summed E-state index contributed by atoms with van der Waals surface area (Å²) in [4.78, 5) is 4.45. The van der Waals surface area contributed by atoms with Crippen molar-refractivity contribution in [3.63, 3.8) is 0 Å². The zero-order valence-corrected chi connectivity index (χ0v) is 14.0. The summed E-state index contributed by atoms with van der Waals surface area (Å²) in [5, 5.41) is 4.41. The molecule has 3 rings (SSSR count). The highest BCUT2D eigenvalue weighted by molar-refractivity contribution is 5.59. The second-order valence-electron chi connectivity index (χ2n) is 5.05. The number of nitrogens with zero attached hydrogens (tertiary/aromatic N) is 3. The predicted molar refractivity (Wildman–Crippen MR) is 94.2 cm³/mol. The summed E-state index contributed by atoms with van der Waals surface area (Å²) in [5.41, 5.74) is 1.70. The van der Waals surface area contributed by atoms with Gasteiger partial charge in [0.15, 0.2) is 12.4 Å². The van der Waals surface area contributed by atoms with Crippen molar-refractivity contribution in [3.8, 4) is 46.9 Å². The van der Waals surface area contributed by atoms with E-state index in [-0.39, 0.29) is 12.6 Å². The first kappa shape index (κ1) is 16.4. The minimum atomic E-state index is 0.106. The van der Waals surface area contributed by atoms with Crippen molar-refractivity contribution in [2.24, 2.45) is 0 Å². The molecule has 0 aliphatic rings. The van der Waals surface area contributed by atoms with Gasteiger partial charge in [-0.15, -0.1) is 11.5 Å². The highest BCUT2D eigenvalue weighted by Gasteiger charge is 2.15. The van der Waals surface area contributed by atoms with Crippen LogP contribution in [-0.2, 0) is 0 Å². The van der Waals surface area contributed by atoms with E-state index >= 15 is 0 Å². The molecule has 0 fully saturated rings. The molecule has 0 unspecified atom stereocenters. The molecule has 3 aromatic rings. The number of ether oxygens (including phenoxy) is 3. The first-order chi connectivity index (χ1) is 12.2. The molecule has 0 aliphatic heterocycles. The Morgan fingerprint density at radius 2 is 1.56 bits per heavy atom.